The molecule has 0 radical (unpaired) electrons. The maximum atomic E-state index is 12.6. The van der Waals surface area contributed by atoms with Crippen LogP contribution in [0.5, 0.6) is 5.75 Å². The number of rotatable bonds is 2. The molecule has 25 heavy (non-hydrogen) atoms. The van der Waals surface area contributed by atoms with Gasteiger partial charge in [-0.1, -0.05) is 59.9 Å². The molecule has 5 rings (SSSR count). The summed E-state index contributed by atoms with van der Waals surface area (Å²) in [6.07, 6.45) is 0.0942. The first-order valence-electron chi connectivity index (χ1n) is 8.12. The Hall–Kier alpha value is -2.92. The monoisotopic (exact) mass is 346 g/mol. The number of carbonyl (C=O) groups is 1. The molecule has 0 fully saturated rings. The SMILES string of the molecule is O=C(Nc1nc2c(ccc3ccccc32)s1)C1Cc2ccccc2O1. The van der Waals surface area contributed by atoms with E-state index in [0.29, 0.717) is 11.6 Å². The van der Waals surface area contributed by atoms with Crippen LogP contribution in [0.2, 0.25) is 0 Å². The Labute approximate surface area is 148 Å². The first kappa shape index (κ1) is 14.4. The van der Waals surface area contributed by atoms with Gasteiger partial charge in [0.2, 0.25) is 0 Å². The summed E-state index contributed by atoms with van der Waals surface area (Å²) in [7, 11) is 0. The summed E-state index contributed by atoms with van der Waals surface area (Å²) in [6.45, 7) is 0. The van der Waals surface area contributed by atoms with Crippen LogP contribution in [-0.2, 0) is 11.2 Å². The van der Waals surface area contributed by atoms with Crippen LogP contribution in [0.3, 0.4) is 0 Å². The molecule has 122 valence electrons. The molecule has 3 aromatic carbocycles. The lowest BCUT2D eigenvalue weighted by molar-refractivity contribution is -0.122. The molecule has 1 aromatic heterocycles. The molecule has 1 N–H and O–H groups in total. The number of thiazole rings is 1. The summed E-state index contributed by atoms with van der Waals surface area (Å²) in [4.78, 5) is 17.2. The van der Waals surface area contributed by atoms with E-state index in [9.17, 15) is 4.79 Å². The average molecular weight is 346 g/mol. The van der Waals surface area contributed by atoms with Crippen molar-refractivity contribution < 1.29 is 9.53 Å². The molecule has 5 heteroatoms. The largest absolute Gasteiger partial charge is 0.480 e. The number of carbonyl (C=O) groups excluding carboxylic acids is 1. The quantitative estimate of drug-likeness (QED) is 0.585. The highest BCUT2D eigenvalue weighted by Gasteiger charge is 2.29. The molecule has 0 aliphatic carbocycles. The third-order valence-corrected chi connectivity index (χ3v) is 5.39. The maximum absolute atomic E-state index is 12.6. The number of aromatic nitrogens is 1. The molecule has 0 bridgehead atoms. The van der Waals surface area contributed by atoms with E-state index in [4.69, 9.17) is 4.74 Å². The topological polar surface area (TPSA) is 51.2 Å². The van der Waals surface area contributed by atoms with Gasteiger partial charge in [-0.15, -0.1) is 0 Å². The summed E-state index contributed by atoms with van der Waals surface area (Å²) in [5.74, 6) is 0.637. The molecule has 1 unspecified atom stereocenters. The van der Waals surface area contributed by atoms with Crippen molar-refractivity contribution in [1.82, 2.24) is 4.98 Å². The van der Waals surface area contributed by atoms with E-state index in [-0.39, 0.29) is 5.91 Å². The van der Waals surface area contributed by atoms with Crippen molar-refractivity contribution in [3.8, 4) is 5.75 Å². The van der Waals surface area contributed by atoms with Crippen molar-refractivity contribution in [3.63, 3.8) is 0 Å². The lowest BCUT2D eigenvalue weighted by Gasteiger charge is -2.09. The standard InChI is InChI=1S/C20H14N2O2S/c23-19(16-11-13-6-2-4-8-15(13)24-16)22-20-21-18-14-7-3-1-5-12(14)9-10-17(18)25-20/h1-10,16H,11H2,(H,21,22,23). The van der Waals surface area contributed by atoms with Crippen LogP contribution in [0.15, 0.2) is 60.7 Å². The van der Waals surface area contributed by atoms with Gasteiger partial charge < -0.3 is 4.74 Å². The van der Waals surface area contributed by atoms with Crippen LogP contribution < -0.4 is 10.1 Å². The lowest BCUT2D eigenvalue weighted by atomic mass is 10.1. The van der Waals surface area contributed by atoms with Gasteiger partial charge in [-0.05, 0) is 23.1 Å². The molecular weight excluding hydrogens is 332 g/mol. The fourth-order valence-corrected chi connectivity index (χ4v) is 4.11. The molecule has 1 amide bonds. The number of benzene rings is 3. The normalized spacial score (nSPS) is 15.9. The summed E-state index contributed by atoms with van der Waals surface area (Å²) in [5, 5.41) is 5.77. The van der Waals surface area contributed by atoms with E-state index >= 15 is 0 Å². The van der Waals surface area contributed by atoms with Gasteiger partial charge in [0.15, 0.2) is 11.2 Å². The number of fused-ring (bicyclic) bond motifs is 4. The minimum Gasteiger partial charge on any atom is -0.480 e. The van der Waals surface area contributed by atoms with Crippen LogP contribution >= 0.6 is 11.3 Å². The lowest BCUT2D eigenvalue weighted by Crippen LogP contribution is -2.31. The van der Waals surface area contributed by atoms with Gasteiger partial charge in [-0.3, -0.25) is 10.1 Å². The van der Waals surface area contributed by atoms with Gasteiger partial charge in [0.1, 0.15) is 5.75 Å². The maximum Gasteiger partial charge on any atom is 0.267 e. The van der Waals surface area contributed by atoms with Gasteiger partial charge in [0.05, 0.1) is 10.2 Å². The Bertz CT molecular complexity index is 1090. The van der Waals surface area contributed by atoms with E-state index < -0.39 is 6.10 Å². The predicted octanol–water partition coefficient (Wildman–Crippen LogP) is 4.39. The van der Waals surface area contributed by atoms with E-state index in [1.807, 2.05) is 42.5 Å². The molecular formula is C20H14N2O2S. The second-order valence-electron chi connectivity index (χ2n) is 6.06. The van der Waals surface area contributed by atoms with E-state index in [2.05, 4.69) is 28.5 Å². The Morgan fingerprint density at radius 2 is 1.92 bits per heavy atom. The zero-order valence-corrected chi connectivity index (χ0v) is 14.0. The molecule has 0 saturated heterocycles. The second kappa shape index (κ2) is 5.57. The Morgan fingerprint density at radius 3 is 2.84 bits per heavy atom. The number of nitrogens with one attached hydrogen (secondary N) is 1. The zero-order chi connectivity index (χ0) is 16.8. The molecule has 0 spiro atoms. The highest BCUT2D eigenvalue weighted by atomic mass is 32.1. The van der Waals surface area contributed by atoms with E-state index in [1.165, 1.54) is 11.3 Å². The first-order chi connectivity index (χ1) is 12.3. The van der Waals surface area contributed by atoms with Gasteiger partial charge in [-0.2, -0.15) is 0 Å². The number of ether oxygens (including phenoxy) is 1. The van der Waals surface area contributed by atoms with Gasteiger partial charge in [-0.25, -0.2) is 4.98 Å². The molecule has 0 saturated carbocycles. The number of amides is 1. The van der Waals surface area contributed by atoms with Crippen molar-refractivity contribution in [2.75, 3.05) is 5.32 Å². The Kier molecular flexibility index (Phi) is 3.21. The number of para-hydroxylation sites is 1. The van der Waals surface area contributed by atoms with Gasteiger partial charge >= 0.3 is 0 Å². The molecule has 4 nitrogen and oxygen atoms in total. The third-order valence-electron chi connectivity index (χ3n) is 4.45. The molecule has 1 aliphatic rings. The summed E-state index contributed by atoms with van der Waals surface area (Å²) in [6, 6.07) is 20.0. The average Bonchev–Trinajstić information content (AvgIpc) is 3.25. The van der Waals surface area contributed by atoms with E-state index in [0.717, 1.165) is 32.3 Å². The van der Waals surface area contributed by atoms with E-state index in [1.54, 1.807) is 0 Å². The highest BCUT2D eigenvalue weighted by Crippen LogP contribution is 2.33. The Balaban J connectivity index is 1.43. The minimum atomic E-state index is -0.499. The molecule has 1 aliphatic heterocycles. The van der Waals surface area contributed by atoms with Crippen LogP contribution in [0.25, 0.3) is 21.0 Å². The first-order valence-corrected chi connectivity index (χ1v) is 8.93. The van der Waals surface area contributed by atoms with Crippen molar-refractivity contribution in [1.29, 1.82) is 0 Å². The molecule has 2 heterocycles. The van der Waals surface area contributed by atoms with Crippen molar-refractivity contribution >= 4 is 43.4 Å². The summed E-state index contributed by atoms with van der Waals surface area (Å²) >= 11 is 1.48. The number of nitrogens with zero attached hydrogens (tertiary/aromatic N) is 1. The second-order valence-corrected chi connectivity index (χ2v) is 7.09. The van der Waals surface area contributed by atoms with Crippen molar-refractivity contribution in [2.24, 2.45) is 0 Å². The van der Waals surface area contributed by atoms with Crippen LogP contribution in [0.1, 0.15) is 5.56 Å². The smallest absolute Gasteiger partial charge is 0.267 e. The highest BCUT2D eigenvalue weighted by molar-refractivity contribution is 7.22. The third kappa shape index (κ3) is 2.44. The van der Waals surface area contributed by atoms with Gasteiger partial charge in [0, 0.05) is 11.8 Å². The zero-order valence-electron chi connectivity index (χ0n) is 13.2. The summed E-state index contributed by atoms with van der Waals surface area (Å²) in [5.41, 5.74) is 1.99. The van der Waals surface area contributed by atoms with Crippen LogP contribution in [-0.4, -0.2) is 17.0 Å². The van der Waals surface area contributed by atoms with Crippen molar-refractivity contribution in [3.05, 3.63) is 66.2 Å². The molecule has 4 aromatic rings. The predicted molar refractivity (Wildman–Crippen MR) is 100 cm³/mol. The fraction of sp³-hybridized carbons (Fsp3) is 0.100. The summed E-state index contributed by atoms with van der Waals surface area (Å²) < 4.78 is 6.81. The number of hydrogen-bond donors (Lipinski definition) is 1. The van der Waals surface area contributed by atoms with Crippen LogP contribution in [0, 0.1) is 0 Å². The fourth-order valence-electron chi connectivity index (χ4n) is 3.23. The van der Waals surface area contributed by atoms with Crippen molar-refractivity contribution in [2.45, 2.75) is 12.5 Å². The Morgan fingerprint density at radius 1 is 1.08 bits per heavy atom. The van der Waals surface area contributed by atoms with Crippen LogP contribution in [0.4, 0.5) is 5.13 Å². The number of hydrogen-bond acceptors (Lipinski definition) is 4. The number of anilines is 1. The minimum absolute atomic E-state index is 0.153. The molecule has 1 atom stereocenters. The van der Waals surface area contributed by atoms with Gasteiger partial charge in [0.25, 0.3) is 5.91 Å².